The number of benzene rings is 10. The highest BCUT2D eigenvalue weighted by Crippen LogP contribution is 2.61. The summed E-state index contributed by atoms with van der Waals surface area (Å²) in [6, 6.07) is 84.2. The first-order valence-electron chi connectivity index (χ1n) is 22.3. The van der Waals surface area contributed by atoms with E-state index in [9.17, 15) is 0 Å². The van der Waals surface area contributed by atoms with Crippen LogP contribution in [0.2, 0.25) is 0 Å². The molecule has 3 heteroatoms. The number of hydrogen-bond donors (Lipinski definition) is 0. The second-order valence-corrected chi connectivity index (χ2v) is 17.5. The minimum Gasteiger partial charge on any atom is -0.309 e. The van der Waals surface area contributed by atoms with Gasteiger partial charge in [0.15, 0.2) is 5.66 Å². The van der Waals surface area contributed by atoms with Crippen LogP contribution in [-0.2, 0) is 5.66 Å². The van der Waals surface area contributed by atoms with Gasteiger partial charge in [-0.05, 0) is 93.0 Å². The molecule has 3 heterocycles. The van der Waals surface area contributed by atoms with E-state index in [2.05, 4.69) is 238 Å². The molecule has 3 aromatic heterocycles. The Kier molecular flexibility index (Phi) is 6.61. The lowest BCUT2D eigenvalue weighted by molar-refractivity contribution is 0.416. The number of nitrogens with zero attached hydrogens (tertiary/aromatic N) is 3. The van der Waals surface area contributed by atoms with Crippen LogP contribution in [0.15, 0.2) is 224 Å². The van der Waals surface area contributed by atoms with Crippen molar-refractivity contribution in [3.63, 3.8) is 0 Å². The Labute approximate surface area is 368 Å². The lowest BCUT2D eigenvalue weighted by Gasteiger charge is -2.39. The molecule has 0 saturated heterocycles. The van der Waals surface area contributed by atoms with Crippen molar-refractivity contribution in [1.82, 2.24) is 13.7 Å². The van der Waals surface area contributed by atoms with Crippen LogP contribution in [0.3, 0.4) is 0 Å². The lowest BCUT2D eigenvalue weighted by Crippen LogP contribution is -2.41. The average Bonchev–Trinajstić information content (AvgIpc) is 4.07. The molecule has 13 aromatic rings. The Morgan fingerprint density at radius 2 is 0.578 bits per heavy atom. The number of fused-ring (bicyclic) bond motifs is 14. The highest BCUT2D eigenvalue weighted by atomic mass is 15.3. The van der Waals surface area contributed by atoms with Gasteiger partial charge < -0.3 is 13.7 Å². The van der Waals surface area contributed by atoms with Gasteiger partial charge in [-0.25, -0.2) is 0 Å². The van der Waals surface area contributed by atoms with Gasteiger partial charge in [0.05, 0.1) is 33.1 Å². The molecule has 0 atom stereocenters. The molecule has 2 aliphatic rings. The predicted molar refractivity (Wildman–Crippen MR) is 267 cm³/mol. The van der Waals surface area contributed by atoms with Crippen LogP contribution in [-0.4, -0.2) is 13.7 Å². The molecule has 296 valence electrons. The summed E-state index contributed by atoms with van der Waals surface area (Å²) in [7, 11) is 0. The Hall–Kier alpha value is -8.40. The molecule has 0 radical (unpaired) electrons. The van der Waals surface area contributed by atoms with E-state index in [0.29, 0.717) is 0 Å². The number of hydrogen-bond acceptors (Lipinski definition) is 0. The van der Waals surface area contributed by atoms with Gasteiger partial charge in [0.25, 0.3) is 0 Å². The molecule has 0 unspecified atom stereocenters. The number of rotatable bonds is 3. The van der Waals surface area contributed by atoms with Crippen LogP contribution in [0, 0.1) is 0 Å². The summed E-state index contributed by atoms with van der Waals surface area (Å²) < 4.78 is 7.85. The monoisotopic (exact) mass is 811 g/mol. The van der Waals surface area contributed by atoms with Crippen LogP contribution >= 0.6 is 0 Å². The average molecular weight is 812 g/mol. The minimum atomic E-state index is -0.872. The zero-order chi connectivity index (χ0) is 41.7. The van der Waals surface area contributed by atoms with E-state index in [1.54, 1.807) is 0 Å². The van der Waals surface area contributed by atoms with Gasteiger partial charge in [0, 0.05) is 49.1 Å². The van der Waals surface area contributed by atoms with Gasteiger partial charge in [-0.1, -0.05) is 176 Å². The standard InChI is InChI=1S/C61H37N3/c1-3-19-41-39(17-1)40-18-2-4-20-42(40)49-27-16-29-52-60(49)59-48(41)26-15-28-51(59)61(52,63-55-32-12-7-23-45(55)46-24-8-13-33-56(46)63)64-57-34-14-9-25-47(57)50-37-38(35-36-58(50)64)62-53-30-10-5-21-43(53)44-22-6-11-31-54(44)62/h1-37H. The summed E-state index contributed by atoms with van der Waals surface area (Å²) in [5.41, 5.74) is 20.1. The predicted octanol–water partition coefficient (Wildman–Crippen LogP) is 15.6. The van der Waals surface area contributed by atoms with Crippen molar-refractivity contribution in [1.29, 1.82) is 0 Å². The first kappa shape index (κ1) is 34.2. The smallest absolute Gasteiger partial charge is 0.176 e. The second kappa shape index (κ2) is 12.4. The molecule has 0 aliphatic heterocycles. The fourth-order valence-corrected chi connectivity index (χ4v) is 12.2. The van der Waals surface area contributed by atoms with Gasteiger partial charge in [0.2, 0.25) is 0 Å². The third-order valence-corrected chi connectivity index (χ3v) is 14.6. The Morgan fingerprint density at radius 3 is 1.03 bits per heavy atom. The molecule has 0 bridgehead atoms. The quantitative estimate of drug-likeness (QED) is 0.169. The van der Waals surface area contributed by atoms with Crippen molar-refractivity contribution in [2.24, 2.45) is 0 Å². The van der Waals surface area contributed by atoms with Crippen molar-refractivity contribution in [2.45, 2.75) is 5.66 Å². The molecule has 0 saturated carbocycles. The van der Waals surface area contributed by atoms with E-state index in [-0.39, 0.29) is 0 Å². The molecular weight excluding hydrogens is 775 g/mol. The summed E-state index contributed by atoms with van der Waals surface area (Å²) >= 11 is 0. The van der Waals surface area contributed by atoms with Crippen LogP contribution < -0.4 is 0 Å². The SMILES string of the molecule is c1ccc2c(c1)-c1ccccc1-c1cccc3c1-c1c-2cccc1C3(n1c2ccccc2c2ccccc21)n1c2ccccc2c2cc(-n3c4ccccc4c4ccccc43)ccc21. The normalized spacial score (nSPS) is 13.4. The summed E-state index contributed by atoms with van der Waals surface area (Å²) in [5.74, 6) is 0. The van der Waals surface area contributed by atoms with Crippen LogP contribution in [0.1, 0.15) is 11.1 Å². The van der Waals surface area contributed by atoms with E-state index in [1.807, 2.05) is 0 Å². The highest BCUT2D eigenvalue weighted by molar-refractivity contribution is 6.15. The minimum absolute atomic E-state index is 0.872. The Bertz CT molecular complexity index is 3950. The Morgan fingerprint density at radius 1 is 0.250 bits per heavy atom. The molecule has 64 heavy (non-hydrogen) atoms. The molecule has 0 N–H and O–H groups in total. The van der Waals surface area contributed by atoms with E-state index in [0.717, 1.165) is 5.69 Å². The van der Waals surface area contributed by atoms with E-state index < -0.39 is 5.66 Å². The maximum absolute atomic E-state index is 2.71. The molecule has 3 nitrogen and oxygen atoms in total. The topological polar surface area (TPSA) is 14.8 Å². The molecule has 10 aromatic carbocycles. The molecule has 2 aliphatic carbocycles. The van der Waals surface area contributed by atoms with Crippen molar-refractivity contribution >= 4 is 65.4 Å². The van der Waals surface area contributed by atoms with Crippen LogP contribution in [0.25, 0.3) is 116 Å². The lowest BCUT2D eigenvalue weighted by atomic mass is 9.81. The number of para-hydroxylation sites is 5. The zero-order valence-electron chi connectivity index (χ0n) is 34.7. The summed E-state index contributed by atoms with van der Waals surface area (Å²) in [6.07, 6.45) is 0. The summed E-state index contributed by atoms with van der Waals surface area (Å²) in [5, 5.41) is 7.46. The zero-order valence-corrected chi connectivity index (χ0v) is 34.7. The van der Waals surface area contributed by atoms with Gasteiger partial charge >= 0.3 is 0 Å². The second-order valence-electron chi connectivity index (χ2n) is 17.5. The number of aromatic nitrogens is 3. The fourth-order valence-electron chi connectivity index (χ4n) is 12.2. The van der Waals surface area contributed by atoms with Crippen molar-refractivity contribution in [3.8, 4) is 50.2 Å². The van der Waals surface area contributed by atoms with E-state index in [4.69, 9.17) is 0 Å². The third kappa shape index (κ3) is 4.13. The maximum atomic E-state index is 2.71. The van der Waals surface area contributed by atoms with Gasteiger partial charge in [0.1, 0.15) is 0 Å². The van der Waals surface area contributed by atoms with Gasteiger partial charge in [-0.2, -0.15) is 0 Å². The first-order chi connectivity index (χ1) is 31.8. The highest BCUT2D eigenvalue weighted by Gasteiger charge is 2.51. The molecule has 0 amide bonds. The fraction of sp³-hybridized carbons (Fsp3) is 0.0164. The Balaban J connectivity index is 1.17. The third-order valence-electron chi connectivity index (χ3n) is 14.6. The van der Waals surface area contributed by atoms with Crippen molar-refractivity contribution in [3.05, 3.63) is 236 Å². The van der Waals surface area contributed by atoms with Crippen molar-refractivity contribution < 1.29 is 0 Å². The van der Waals surface area contributed by atoms with Gasteiger partial charge in [-0.15, -0.1) is 0 Å². The molecule has 0 fully saturated rings. The van der Waals surface area contributed by atoms with Crippen molar-refractivity contribution in [2.75, 3.05) is 0 Å². The summed E-state index contributed by atoms with van der Waals surface area (Å²) in [6.45, 7) is 0. The maximum Gasteiger partial charge on any atom is 0.176 e. The van der Waals surface area contributed by atoms with E-state index in [1.165, 1.54) is 121 Å². The molecule has 0 spiro atoms. The molecule has 15 rings (SSSR count). The van der Waals surface area contributed by atoms with Crippen LogP contribution in [0.5, 0.6) is 0 Å². The first-order valence-corrected chi connectivity index (χ1v) is 22.3. The summed E-state index contributed by atoms with van der Waals surface area (Å²) in [4.78, 5) is 0. The van der Waals surface area contributed by atoms with E-state index >= 15 is 0 Å². The van der Waals surface area contributed by atoms with Gasteiger partial charge in [-0.3, -0.25) is 0 Å². The molecular formula is C61H37N3. The largest absolute Gasteiger partial charge is 0.309 e. The van der Waals surface area contributed by atoms with Crippen LogP contribution in [0.4, 0.5) is 0 Å².